The number of nitrogens with one attached hydrogen (secondary N) is 2. The van der Waals surface area contributed by atoms with Crippen LogP contribution in [0.5, 0.6) is 0 Å². The van der Waals surface area contributed by atoms with E-state index in [1.54, 1.807) is 6.92 Å². The molecule has 2 amide bonds. The molecule has 0 bridgehead atoms. The number of aliphatic carboxylic acids is 1. The molecule has 28 heavy (non-hydrogen) atoms. The van der Waals surface area contributed by atoms with Gasteiger partial charge in [0.25, 0.3) is 0 Å². The number of hydrogen-bond donors (Lipinski definition) is 3. The van der Waals surface area contributed by atoms with Crippen molar-refractivity contribution in [3.8, 4) is 6.07 Å². The fourth-order valence-electron chi connectivity index (χ4n) is 2.45. The van der Waals surface area contributed by atoms with Crippen LogP contribution >= 0.6 is 0 Å². The summed E-state index contributed by atoms with van der Waals surface area (Å²) >= 11 is 0. The number of nitrogens with zero attached hydrogens (tertiary/aromatic N) is 1. The quantitative estimate of drug-likeness (QED) is 0.471. The Balaban J connectivity index is 2.11. The minimum absolute atomic E-state index is 0.0760. The zero-order valence-corrected chi connectivity index (χ0v) is 16.0. The topological polar surface area (TPSA) is 129 Å². The van der Waals surface area contributed by atoms with E-state index >= 15 is 0 Å². The first-order valence-corrected chi connectivity index (χ1v) is 9.28. The maximum atomic E-state index is 11.8. The summed E-state index contributed by atoms with van der Waals surface area (Å²) in [5, 5.41) is 22.9. The van der Waals surface area contributed by atoms with Crippen molar-refractivity contribution in [1.82, 2.24) is 10.6 Å². The molecule has 0 fully saturated rings. The number of alkyl carbamates (subject to hydrolysis) is 1. The van der Waals surface area contributed by atoms with Gasteiger partial charge in [-0.1, -0.05) is 36.8 Å². The van der Waals surface area contributed by atoms with Crippen molar-refractivity contribution in [2.24, 2.45) is 5.92 Å². The van der Waals surface area contributed by atoms with Crippen LogP contribution in [0.15, 0.2) is 30.3 Å². The van der Waals surface area contributed by atoms with Gasteiger partial charge in [-0.3, -0.25) is 4.79 Å². The second-order valence-corrected chi connectivity index (χ2v) is 6.52. The minimum Gasteiger partial charge on any atom is -0.480 e. The van der Waals surface area contributed by atoms with Crippen LogP contribution in [0.25, 0.3) is 0 Å². The number of amides is 2. The molecule has 2 atom stereocenters. The molecule has 0 aliphatic rings. The summed E-state index contributed by atoms with van der Waals surface area (Å²) in [6.07, 6.45) is 1.75. The average Bonchev–Trinajstić information content (AvgIpc) is 2.69. The molecule has 1 aromatic carbocycles. The van der Waals surface area contributed by atoms with E-state index < -0.39 is 24.0 Å². The Kier molecular flexibility index (Phi) is 10.8. The Labute approximate surface area is 164 Å². The minimum atomic E-state index is -1.14. The molecule has 0 saturated carbocycles. The molecule has 3 N–H and O–H groups in total. The summed E-state index contributed by atoms with van der Waals surface area (Å²) in [5.74, 6) is -1.95. The molecule has 0 aliphatic heterocycles. The van der Waals surface area contributed by atoms with E-state index in [0.29, 0.717) is 25.8 Å². The molecule has 0 heterocycles. The largest absolute Gasteiger partial charge is 0.480 e. The van der Waals surface area contributed by atoms with Gasteiger partial charge in [-0.05, 0) is 31.7 Å². The molecule has 0 unspecified atom stereocenters. The fourth-order valence-corrected chi connectivity index (χ4v) is 2.45. The Hall–Kier alpha value is -3.08. The summed E-state index contributed by atoms with van der Waals surface area (Å²) in [5.41, 5.74) is 0.910. The number of ether oxygens (including phenoxy) is 1. The van der Waals surface area contributed by atoms with Crippen LogP contribution < -0.4 is 10.6 Å². The Bertz CT molecular complexity index is 672. The molecule has 0 radical (unpaired) electrons. The highest BCUT2D eigenvalue weighted by atomic mass is 16.5. The number of hydrogen-bond acceptors (Lipinski definition) is 5. The van der Waals surface area contributed by atoms with Gasteiger partial charge in [0.15, 0.2) is 0 Å². The predicted octanol–water partition coefficient (Wildman–Crippen LogP) is 2.59. The van der Waals surface area contributed by atoms with Crippen molar-refractivity contribution in [1.29, 1.82) is 5.26 Å². The molecule has 8 nitrogen and oxygen atoms in total. The average molecular weight is 389 g/mol. The number of carboxylic acid groups (broad SMARTS) is 1. The first-order chi connectivity index (χ1) is 13.4. The lowest BCUT2D eigenvalue weighted by Crippen LogP contribution is -2.41. The number of carbonyl (C=O) groups excluding carboxylic acids is 2. The zero-order chi connectivity index (χ0) is 20.8. The number of rotatable bonds is 12. The SMILES string of the molecule is C[C@@H](C#N)C[C@H](NC(=O)CCCCCNC(=O)OCc1ccccc1)C(=O)O. The normalized spacial score (nSPS) is 12.3. The first kappa shape index (κ1) is 23.0. The molecule has 1 rings (SSSR count). The summed E-state index contributed by atoms with van der Waals surface area (Å²) < 4.78 is 5.09. The molecular formula is C20H27N3O5. The van der Waals surface area contributed by atoms with Crippen LogP contribution in [0, 0.1) is 17.2 Å². The summed E-state index contributed by atoms with van der Waals surface area (Å²) in [7, 11) is 0. The smallest absolute Gasteiger partial charge is 0.407 e. The third-order valence-corrected chi connectivity index (χ3v) is 4.01. The summed E-state index contributed by atoms with van der Waals surface area (Å²) in [6, 6.07) is 10.3. The Morgan fingerprint density at radius 2 is 1.89 bits per heavy atom. The Morgan fingerprint density at radius 3 is 2.54 bits per heavy atom. The van der Waals surface area contributed by atoms with Crippen molar-refractivity contribution < 1.29 is 24.2 Å². The zero-order valence-electron chi connectivity index (χ0n) is 16.0. The second kappa shape index (κ2) is 13.1. The highest BCUT2D eigenvalue weighted by molar-refractivity contribution is 5.83. The number of carboxylic acids is 1. The monoisotopic (exact) mass is 389 g/mol. The first-order valence-electron chi connectivity index (χ1n) is 9.28. The predicted molar refractivity (Wildman–Crippen MR) is 102 cm³/mol. The summed E-state index contributed by atoms with van der Waals surface area (Å²) in [6.45, 7) is 2.26. The van der Waals surface area contributed by atoms with Gasteiger partial charge < -0.3 is 20.5 Å². The van der Waals surface area contributed by atoms with E-state index in [0.717, 1.165) is 5.56 Å². The number of benzene rings is 1. The number of carbonyl (C=O) groups is 3. The van der Waals surface area contributed by atoms with Crippen LogP contribution in [0.1, 0.15) is 44.6 Å². The Morgan fingerprint density at radius 1 is 1.18 bits per heavy atom. The third-order valence-electron chi connectivity index (χ3n) is 4.01. The molecule has 0 spiro atoms. The number of unbranched alkanes of at least 4 members (excludes halogenated alkanes) is 2. The standard InChI is InChI=1S/C20H27N3O5/c1-15(13-21)12-17(19(25)26)23-18(24)10-6-3-7-11-22-20(27)28-14-16-8-4-2-5-9-16/h2,4-5,8-9,15,17H,3,6-7,10-12,14H2,1H3,(H,22,27)(H,23,24)(H,25,26)/t15-,17+/m1/s1. The maximum Gasteiger partial charge on any atom is 0.407 e. The van der Waals surface area contributed by atoms with Gasteiger partial charge in [-0.15, -0.1) is 0 Å². The van der Waals surface area contributed by atoms with Crippen LogP contribution in [-0.4, -0.2) is 35.7 Å². The molecule has 8 heteroatoms. The van der Waals surface area contributed by atoms with Crippen molar-refractivity contribution in [2.45, 2.75) is 51.7 Å². The molecule has 152 valence electrons. The van der Waals surface area contributed by atoms with E-state index in [4.69, 9.17) is 15.1 Å². The molecule has 0 aliphatic carbocycles. The van der Waals surface area contributed by atoms with Crippen molar-refractivity contribution >= 4 is 18.0 Å². The van der Waals surface area contributed by atoms with Crippen LogP contribution in [0.4, 0.5) is 4.79 Å². The van der Waals surface area contributed by atoms with Gasteiger partial charge in [0.1, 0.15) is 12.6 Å². The van der Waals surface area contributed by atoms with Gasteiger partial charge in [-0.25, -0.2) is 9.59 Å². The van der Waals surface area contributed by atoms with Crippen LogP contribution in [0.3, 0.4) is 0 Å². The van der Waals surface area contributed by atoms with Crippen LogP contribution in [0.2, 0.25) is 0 Å². The van der Waals surface area contributed by atoms with E-state index in [1.807, 2.05) is 36.4 Å². The van der Waals surface area contributed by atoms with E-state index in [2.05, 4.69) is 10.6 Å². The maximum absolute atomic E-state index is 11.8. The molecular weight excluding hydrogens is 362 g/mol. The van der Waals surface area contributed by atoms with Crippen molar-refractivity contribution in [3.63, 3.8) is 0 Å². The van der Waals surface area contributed by atoms with Crippen molar-refractivity contribution in [2.75, 3.05) is 6.54 Å². The van der Waals surface area contributed by atoms with Gasteiger partial charge in [0, 0.05) is 18.9 Å². The molecule has 0 aromatic heterocycles. The fraction of sp³-hybridized carbons (Fsp3) is 0.500. The van der Waals surface area contributed by atoms with Gasteiger partial charge in [0.05, 0.1) is 6.07 Å². The third kappa shape index (κ3) is 10.2. The van der Waals surface area contributed by atoms with Crippen LogP contribution in [-0.2, 0) is 20.9 Å². The molecule has 0 saturated heterocycles. The number of nitriles is 1. The lowest BCUT2D eigenvalue weighted by Gasteiger charge is -2.15. The lowest BCUT2D eigenvalue weighted by molar-refractivity contribution is -0.142. The van der Waals surface area contributed by atoms with Gasteiger partial charge in [0.2, 0.25) is 5.91 Å². The van der Waals surface area contributed by atoms with Gasteiger partial charge in [-0.2, -0.15) is 5.26 Å². The van der Waals surface area contributed by atoms with Crippen molar-refractivity contribution in [3.05, 3.63) is 35.9 Å². The summed E-state index contributed by atoms with van der Waals surface area (Å²) in [4.78, 5) is 34.6. The second-order valence-electron chi connectivity index (χ2n) is 6.52. The molecule has 1 aromatic rings. The van der Waals surface area contributed by atoms with E-state index in [9.17, 15) is 14.4 Å². The van der Waals surface area contributed by atoms with E-state index in [1.165, 1.54) is 0 Å². The van der Waals surface area contributed by atoms with E-state index in [-0.39, 0.29) is 25.4 Å². The highest BCUT2D eigenvalue weighted by Crippen LogP contribution is 2.07. The van der Waals surface area contributed by atoms with Gasteiger partial charge >= 0.3 is 12.1 Å². The highest BCUT2D eigenvalue weighted by Gasteiger charge is 2.22. The lowest BCUT2D eigenvalue weighted by atomic mass is 10.0.